The molecule has 0 radical (unpaired) electrons. The largest absolute Gasteiger partial charge is 0.394 e. The molecular formula is C53H89NO18. The minimum atomic E-state index is -1.98. The first kappa shape index (κ1) is 63.5. The maximum Gasteiger partial charge on any atom is 0.220 e. The number of allylic oxidation sites excluding steroid dienone is 12. The fraction of sp³-hybridized carbons (Fsp3) is 0.755. The van der Waals surface area contributed by atoms with Crippen molar-refractivity contribution in [3.05, 3.63) is 72.9 Å². The number of hydrogen-bond acceptors (Lipinski definition) is 18. The van der Waals surface area contributed by atoms with Crippen molar-refractivity contribution in [1.29, 1.82) is 0 Å². The zero-order valence-corrected chi connectivity index (χ0v) is 42.4. The Morgan fingerprint density at radius 2 is 0.958 bits per heavy atom. The highest BCUT2D eigenvalue weighted by molar-refractivity contribution is 5.76. The summed E-state index contributed by atoms with van der Waals surface area (Å²) < 4.78 is 34.0. The van der Waals surface area contributed by atoms with Gasteiger partial charge in [0.15, 0.2) is 18.9 Å². The van der Waals surface area contributed by atoms with Crippen LogP contribution in [0.25, 0.3) is 0 Å². The van der Waals surface area contributed by atoms with Crippen molar-refractivity contribution < 1.29 is 89.4 Å². The summed E-state index contributed by atoms with van der Waals surface area (Å²) in [6.45, 7) is 1.46. The lowest BCUT2D eigenvalue weighted by atomic mass is 9.96. The van der Waals surface area contributed by atoms with E-state index in [0.717, 1.165) is 83.5 Å². The van der Waals surface area contributed by atoms with E-state index < -0.39 is 124 Å². The molecule has 0 spiro atoms. The van der Waals surface area contributed by atoms with Gasteiger partial charge in [0.1, 0.15) is 73.2 Å². The smallest absolute Gasteiger partial charge is 0.220 e. The van der Waals surface area contributed by atoms with Crippen molar-refractivity contribution >= 4 is 5.91 Å². The summed E-state index contributed by atoms with van der Waals surface area (Å²) in [4.78, 5) is 13.1. The van der Waals surface area contributed by atoms with E-state index in [1.807, 2.05) is 0 Å². The molecule has 3 rings (SSSR count). The van der Waals surface area contributed by atoms with Gasteiger partial charge in [0, 0.05) is 6.42 Å². The number of unbranched alkanes of at least 4 members (excludes halogenated alkanes) is 7. The number of amides is 1. The van der Waals surface area contributed by atoms with Crippen LogP contribution >= 0.6 is 0 Å². The molecule has 0 aromatic rings. The van der Waals surface area contributed by atoms with E-state index in [1.54, 1.807) is 0 Å². The molecular weight excluding hydrogens is 939 g/mol. The summed E-state index contributed by atoms with van der Waals surface area (Å²) in [6.07, 6.45) is 13.8. The Hall–Kier alpha value is -2.77. The van der Waals surface area contributed by atoms with E-state index in [4.69, 9.17) is 28.4 Å². The van der Waals surface area contributed by atoms with Crippen molar-refractivity contribution in [2.24, 2.45) is 0 Å². The predicted octanol–water partition coefficient (Wildman–Crippen LogP) is 2.31. The van der Waals surface area contributed by atoms with Gasteiger partial charge in [-0.25, -0.2) is 0 Å². The first-order valence-corrected chi connectivity index (χ1v) is 26.2. The summed E-state index contributed by atoms with van der Waals surface area (Å²) in [6, 6.07) is -0.900. The molecule has 414 valence electrons. The minimum Gasteiger partial charge on any atom is -0.394 e. The lowest BCUT2D eigenvalue weighted by molar-refractivity contribution is -0.379. The quantitative estimate of drug-likeness (QED) is 0.0320. The molecule has 0 aromatic carbocycles. The standard InChI is InChI=1S/C53H89NO18/c1-3-5-7-9-10-11-12-13-14-15-16-17-18-19-20-21-22-23-24-25-26-27-29-31-41(59)54-36(37(58)30-28-8-6-4-2)35-67-51-47(65)44(62)49(39(33-56)69-51)72-53-48(66)45(63)50(40(34-57)70-53)71-52-46(64)43(61)42(60)38(32-55)68-52/h5,7,10-11,13-14,16-17,19-20,22-23,36-40,42-53,55-58,60-66H,3-4,6,8-9,12,15,18,21,24-35H2,1-2H3,(H,54,59)/b7-5-,11-10-,14-13-,17-16-,20-19-,23-22-. The van der Waals surface area contributed by atoms with Crippen LogP contribution in [0.1, 0.15) is 123 Å². The maximum absolute atomic E-state index is 13.1. The fourth-order valence-corrected chi connectivity index (χ4v) is 8.43. The molecule has 0 saturated carbocycles. The number of hydrogen-bond donors (Lipinski definition) is 12. The van der Waals surface area contributed by atoms with Gasteiger partial charge in [-0.1, -0.05) is 125 Å². The third-order valence-corrected chi connectivity index (χ3v) is 12.8. The van der Waals surface area contributed by atoms with Gasteiger partial charge in [0.05, 0.1) is 38.6 Å². The Kier molecular flexibility index (Phi) is 32.7. The molecule has 3 aliphatic rings. The van der Waals surface area contributed by atoms with Gasteiger partial charge < -0.3 is 89.9 Å². The Labute approximate surface area is 426 Å². The van der Waals surface area contributed by atoms with Crippen LogP contribution in [0.2, 0.25) is 0 Å². The van der Waals surface area contributed by atoms with Crippen LogP contribution in [0.5, 0.6) is 0 Å². The SMILES string of the molecule is CC/C=C\C/C=C\C/C=C\C/C=C\C/C=C\C/C=C\CCCCCCC(=O)NC(COC1OC(CO)C(OC2OC(CO)C(OC3OC(CO)C(O)C(O)C3O)C(O)C2O)C(O)C1O)C(O)CCCCCC. The number of ether oxygens (including phenoxy) is 6. The number of aliphatic hydroxyl groups excluding tert-OH is 11. The molecule has 3 heterocycles. The molecule has 12 N–H and O–H groups in total. The molecule has 19 heteroatoms. The van der Waals surface area contributed by atoms with Crippen LogP contribution in [0.4, 0.5) is 0 Å². The Morgan fingerprint density at radius 3 is 1.47 bits per heavy atom. The maximum atomic E-state index is 13.1. The number of carbonyl (C=O) groups excluding carboxylic acids is 1. The topological polar surface area (TPSA) is 307 Å². The highest BCUT2D eigenvalue weighted by Crippen LogP contribution is 2.33. The summed E-state index contributed by atoms with van der Waals surface area (Å²) >= 11 is 0. The number of aliphatic hydroxyl groups is 11. The van der Waals surface area contributed by atoms with E-state index in [-0.39, 0.29) is 18.9 Å². The molecule has 1 amide bonds. The van der Waals surface area contributed by atoms with Crippen molar-refractivity contribution in [2.75, 3.05) is 26.4 Å². The van der Waals surface area contributed by atoms with Gasteiger partial charge in [-0.15, -0.1) is 0 Å². The lowest BCUT2D eigenvalue weighted by Crippen LogP contribution is -2.66. The van der Waals surface area contributed by atoms with Gasteiger partial charge in [0.2, 0.25) is 5.91 Å². The van der Waals surface area contributed by atoms with Gasteiger partial charge in [-0.05, 0) is 64.2 Å². The Bertz CT molecular complexity index is 1610. The zero-order chi connectivity index (χ0) is 52.7. The molecule has 3 aliphatic heterocycles. The van der Waals surface area contributed by atoms with Crippen LogP contribution in [0.15, 0.2) is 72.9 Å². The molecule has 0 aromatic heterocycles. The summed E-state index contributed by atoms with van der Waals surface area (Å²) in [5.74, 6) is -0.282. The van der Waals surface area contributed by atoms with Crippen LogP contribution < -0.4 is 5.32 Å². The van der Waals surface area contributed by atoms with Gasteiger partial charge in [-0.3, -0.25) is 4.79 Å². The minimum absolute atomic E-state index is 0.230. The van der Waals surface area contributed by atoms with Crippen LogP contribution in [-0.2, 0) is 33.2 Å². The van der Waals surface area contributed by atoms with Gasteiger partial charge in [0.25, 0.3) is 0 Å². The van der Waals surface area contributed by atoms with Crippen LogP contribution in [0, 0.1) is 0 Å². The molecule has 17 atom stereocenters. The number of rotatable bonds is 35. The summed E-state index contributed by atoms with van der Waals surface area (Å²) in [7, 11) is 0. The molecule has 19 nitrogen and oxygen atoms in total. The van der Waals surface area contributed by atoms with Crippen molar-refractivity contribution in [3.8, 4) is 0 Å². The Balaban J connectivity index is 1.43. The summed E-state index contributed by atoms with van der Waals surface area (Å²) in [5, 5.41) is 119. The monoisotopic (exact) mass is 1030 g/mol. The van der Waals surface area contributed by atoms with E-state index >= 15 is 0 Å². The third-order valence-electron chi connectivity index (χ3n) is 12.8. The van der Waals surface area contributed by atoms with Crippen LogP contribution in [-0.4, -0.2) is 193 Å². The van der Waals surface area contributed by atoms with Gasteiger partial charge in [-0.2, -0.15) is 0 Å². The third kappa shape index (κ3) is 22.2. The average Bonchev–Trinajstić information content (AvgIpc) is 3.38. The highest BCUT2D eigenvalue weighted by Gasteiger charge is 2.53. The molecule has 0 bridgehead atoms. The molecule has 3 saturated heterocycles. The predicted molar refractivity (Wildman–Crippen MR) is 268 cm³/mol. The second-order valence-electron chi connectivity index (χ2n) is 18.6. The van der Waals surface area contributed by atoms with E-state index in [0.29, 0.717) is 19.3 Å². The number of nitrogens with one attached hydrogen (secondary N) is 1. The second kappa shape index (κ2) is 37.1. The lowest BCUT2D eigenvalue weighted by Gasteiger charge is -2.48. The second-order valence-corrected chi connectivity index (χ2v) is 18.6. The van der Waals surface area contributed by atoms with Gasteiger partial charge >= 0.3 is 0 Å². The normalized spacial score (nSPS) is 32.6. The van der Waals surface area contributed by atoms with E-state index in [2.05, 4.69) is 92.1 Å². The molecule has 72 heavy (non-hydrogen) atoms. The van der Waals surface area contributed by atoms with Crippen molar-refractivity contribution in [3.63, 3.8) is 0 Å². The summed E-state index contributed by atoms with van der Waals surface area (Å²) in [5.41, 5.74) is 0. The molecule has 0 aliphatic carbocycles. The fourth-order valence-electron chi connectivity index (χ4n) is 8.43. The molecule has 3 fully saturated rings. The molecule has 17 unspecified atom stereocenters. The Morgan fingerprint density at radius 1 is 0.514 bits per heavy atom. The van der Waals surface area contributed by atoms with E-state index in [1.165, 1.54) is 0 Å². The highest BCUT2D eigenvalue weighted by atomic mass is 16.8. The first-order valence-electron chi connectivity index (χ1n) is 26.2. The van der Waals surface area contributed by atoms with E-state index in [9.17, 15) is 61.0 Å². The van der Waals surface area contributed by atoms with Crippen LogP contribution in [0.3, 0.4) is 0 Å². The number of carbonyl (C=O) groups is 1. The van der Waals surface area contributed by atoms with Crippen molar-refractivity contribution in [1.82, 2.24) is 5.32 Å². The average molecular weight is 1030 g/mol. The first-order chi connectivity index (χ1) is 34.8. The zero-order valence-electron chi connectivity index (χ0n) is 42.4. The van der Waals surface area contributed by atoms with Crippen molar-refractivity contribution in [2.45, 2.75) is 227 Å².